The SMILES string of the molecule is [Os].c1ccc(-c2ccccn2)nc1.c1ccc(-c2ccccn2)nc1.c1csc(-c2ccc(-c3nc4c5cccnc5c5ncccc5c4[nH]3)s2)c1. The van der Waals surface area contributed by atoms with Crippen molar-refractivity contribution in [1.82, 2.24) is 39.9 Å². The Labute approximate surface area is 320 Å². The number of aromatic amines is 1. The minimum absolute atomic E-state index is 0. The van der Waals surface area contributed by atoms with Gasteiger partial charge in [-0.25, -0.2) is 4.98 Å². The molecule has 1 N–H and O–H groups in total. The Morgan fingerprint density at radius 2 is 0.904 bits per heavy atom. The number of nitrogens with one attached hydrogen (secondary N) is 1. The zero-order valence-corrected chi connectivity index (χ0v) is 31.6. The van der Waals surface area contributed by atoms with Crippen molar-refractivity contribution < 1.29 is 19.8 Å². The molecular formula is C41H28N8OsS2. The molecule has 9 heterocycles. The van der Waals surface area contributed by atoms with Crippen LogP contribution in [0.3, 0.4) is 0 Å². The first-order valence-corrected chi connectivity index (χ1v) is 17.8. The van der Waals surface area contributed by atoms with Crippen molar-refractivity contribution in [3.05, 3.63) is 164 Å². The standard InChI is InChI=1S/C21H12N4S2.2C10H8N2.Os/c1-4-12-17(22-9-1)18-13(5-2-10-23-18)20-19(12)24-21(25-20)16-8-7-15(27-16)14-6-3-11-26-14;2*1-3-7-11-9(5-1)10-6-2-4-8-12-10;/h1-11H,(H,24,25);2*1-8H;. The summed E-state index contributed by atoms with van der Waals surface area (Å²) in [6, 6.07) is 39.8. The Hall–Kier alpha value is -5.85. The molecule has 0 aliphatic rings. The molecule has 0 saturated carbocycles. The Bertz CT molecular complexity index is 2410. The Kier molecular flexibility index (Phi) is 10.9. The van der Waals surface area contributed by atoms with Gasteiger partial charge in [0.25, 0.3) is 0 Å². The van der Waals surface area contributed by atoms with Crippen molar-refractivity contribution in [2.75, 3.05) is 0 Å². The summed E-state index contributed by atoms with van der Waals surface area (Å²) in [5, 5.41) is 4.18. The van der Waals surface area contributed by atoms with Gasteiger partial charge in [0.05, 0.1) is 49.7 Å². The normalized spacial score (nSPS) is 10.5. The number of rotatable bonds is 4. The molecule has 9 aromatic heterocycles. The number of thiophene rings is 2. The fourth-order valence-electron chi connectivity index (χ4n) is 5.53. The van der Waals surface area contributed by atoms with Gasteiger partial charge in [0, 0.05) is 77.5 Å². The predicted octanol–water partition coefficient (Wildman–Crippen LogP) is 10.4. The summed E-state index contributed by atoms with van der Waals surface area (Å²) in [6.45, 7) is 0. The second-order valence-corrected chi connectivity index (χ2v) is 13.1. The molecule has 52 heavy (non-hydrogen) atoms. The van der Waals surface area contributed by atoms with Crippen molar-refractivity contribution in [2.24, 2.45) is 0 Å². The van der Waals surface area contributed by atoms with E-state index >= 15 is 0 Å². The van der Waals surface area contributed by atoms with Gasteiger partial charge < -0.3 is 4.98 Å². The molecule has 0 saturated heterocycles. The number of pyridine rings is 6. The third-order valence-electron chi connectivity index (χ3n) is 7.86. The third kappa shape index (κ3) is 7.58. The molecule has 0 atom stereocenters. The van der Waals surface area contributed by atoms with E-state index < -0.39 is 0 Å². The minimum atomic E-state index is 0. The molecule has 0 unspecified atom stereocenters. The first-order chi connectivity index (χ1) is 25.3. The van der Waals surface area contributed by atoms with Gasteiger partial charge in [-0.1, -0.05) is 30.3 Å². The number of hydrogen-bond donors (Lipinski definition) is 1. The number of benzene rings is 1. The summed E-state index contributed by atoms with van der Waals surface area (Å²) in [4.78, 5) is 38.0. The van der Waals surface area contributed by atoms with Crippen LogP contribution in [0.1, 0.15) is 0 Å². The second-order valence-electron chi connectivity index (χ2n) is 11.1. The van der Waals surface area contributed by atoms with E-state index in [-0.39, 0.29) is 19.8 Å². The minimum Gasteiger partial charge on any atom is -0.337 e. The van der Waals surface area contributed by atoms with Gasteiger partial charge in [0.1, 0.15) is 5.82 Å². The number of aromatic nitrogens is 8. The van der Waals surface area contributed by atoms with E-state index in [1.807, 2.05) is 97.3 Å². The average Bonchev–Trinajstić information content (AvgIpc) is 4.02. The van der Waals surface area contributed by atoms with Gasteiger partial charge in [-0.05, 0) is 96.4 Å². The van der Waals surface area contributed by atoms with Crippen LogP contribution in [-0.2, 0) is 19.8 Å². The maximum atomic E-state index is 4.95. The van der Waals surface area contributed by atoms with E-state index in [9.17, 15) is 0 Å². The molecule has 1 aromatic carbocycles. The quantitative estimate of drug-likeness (QED) is 0.176. The van der Waals surface area contributed by atoms with Crippen LogP contribution >= 0.6 is 22.7 Å². The van der Waals surface area contributed by atoms with Crippen LogP contribution < -0.4 is 0 Å². The maximum absolute atomic E-state index is 4.95. The largest absolute Gasteiger partial charge is 0.337 e. The second kappa shape index (κ2) is 16.4. The molecule has 252 valence electrons. The summed E-state index contributed by atoms with van der Waals surface area (Å²) in [6.07, 6.45) is 10.7. The summed E-state index contributed by atoms with van der Waals surface area (Å²) in [5.74, 6) is 0.888. The topological polar surface area (TPSA) is 106 Å². The molecular weight excluding hydrogens is 859 g/mol. The average molecular weight is 887 g/mol. The molecule has 10 rings (SSSR count). The van der Waals surface area contributed by atoms with Crippen LogP contribution in [0.5, 0.6) is 0 Å². The number of H-pyrrole nitrogens is 1. The van der Waals surface area contributed by atoms with Crippen molar-refractivity contribution in [1.29, 1.82) is 0 Å². The van der Waals surface area contributed by atoms with Crippen LogP contribution in [0.15, 0.2) is 164 Å². The molecule has 10 aromatic rings. The fourth-order valence-corrected chi connectivity index (χ4v) is 7.32. The monoisotopic (exact) mass is 888 g/mol. The predicted molar refractivity (Wildman–Crippen MR) is 208 cm³/mol. The van der Waals surface area contributed by atoms with E-state index in [1.54, 1.807) is 47.5 Å². The number of fused-ring (bicyclic) bond motifs is 6. The molecule has 0 bridgehead atoms. The number of imidazole rings is 1. The molecule has 11 heteroatoms. The Balaban J connectivity index is 0.000000140. The van der Waals surface area contributed by atoms with E-state index in [0.717, 1.165) is 66.3 Å². The maximum Gasteiger partial charge on any atom is 0.148 e. The van der Waals surface area contributed by atoms with E-state index in [2.05, 4.69) is 76.7 Å². The smallest absolute Gasteiger partial charge is 0.148 e. The van der Waals surface area contributed by atoms with Gasteiger partial charge in [0.2, 0.25) is 0 Å². The molecule has 0 aliphatic heterocycles. The van der Waals surface area contributed by atoms with Crippen LogP contribution in [0.2, 0.25) is 0 Å². The Morgan fingerprint density at radius 3 is 1.40 bits per heavy atom. The van der Waals surface area contributed by atoms with Gasteiger partial charge in [-0.15, -0.1) is 22.7 Å². The molecule has 0 amide bonds. The third-order valence-corrected chi connectivity index (χ3v) is 10.0. The zero-order chi connectivity index (χ0) is 34.2. The van der Waals surface area contributed by atoms with Crippen molar-refractivity contribution >= 4 is 55.5 Å². The van der Waals surface area contributed by atoms with E-state index in [4.69, 9.17) is 4.98 Å². The van der Waals surface area contributed by atoms with Gasteiger partial charge >= 0.3 is 0 Å². The molecule has 0 radical (unpaired) electrons. The van der Waals surface area contributed by atoms with Gasteiger partial charge in [-0.2, -0.15) is 0 Å². The first-order valence-electron chi connectivity index (χ1n) is 16.1. The van der Waals surface area contributed by atoms with Crippen molar-refractivity contribution in [2.45, 2.75) is 0 Å². The number of nitrogens with zero attached hydrogens (tertiary/aromatic N) is 7. The summed E-state index contributed by atoms with van der Waals surface area (Å²) >= 11 is 3.51. The first kappa shape index (κ1) is 34.6. The van der Waals surface area contributed by atoms with Crippen molar-refractivity contribution in [3.8, 4) is 43.2 Å². The van der Waals surface area contributed by atoms with Crippen LogP contribution in [0.4, 0.5) is 0 Å². The van der Waals surface area contributed by atoms with Crippen molar-refractivity contribution in [3.63, 3.8) is 0 Å². The van der Waals surface area contributed by atoms with Gasteiger partial charge in [0.15, 0.2) is 0 Å². The fraction of sp³-hybridized carbons (Fsp3) is 0. The molecule has 0 aliphatic carbocycles. The summed E-state index contributed by atoms with van der Waals surface area (Å²) in [7, 11) is 0. The number of hydrogen-bond acceptors (Lipinski definition) is 9. The Morgan fingerprint density at radius 1 is 0.404 bits per heavy atom. The summed E-state index contributed by atoms with van der Waals surface area (Å²) in [5.41, 5.74) is 7.41. The molecule has 0 spiro atoms. The molecule has 0 fully saturated rings. The van der Waals surface area contributed by atoms with Gasteiger partial charge in [-0.3, -0.25) is 29.9 Å². The molecule has 8 nitrogen and oxygen atoms in total. The van der Waals surface area contributed by atoms with E-state index in [1.165, 1.54) is 9.75 Å². The van der Waals surface area contributed by atoms with E-state index in [0.29, 0.717) is 0 Å². The van der Waals surface area contributed by atoms with Crippen LogP contribution in [0.25, 0.3) is 76.1 Å². The van der Waals surface area contributed by atoms with Crippen LogP contribution in [-0.4, -0.2) is 39.9 Å². The van der Waals surface area contributed by atoms with Crippen LogP contribution in [0, 0.1) is 0 Å². The zero-order valence-electron chi connectivity index (χ0n) is 27.4. The summed E-state index contributed by atoms with van der Waals surface area (Å²) < 4.78 is 0.